The first kappa shape index (κ1) is 14.0. The highest BCUT2D eigenvalue weighted by atomic mass is 19.1. The fourth-order valence-electron chi connectivity index (χ4n) is 1.76. The average Bonchev–Trinajstić information content (AvgIpc) is 2.40. The van der Waals surface area contributed by atoms with E-state index in [1.165, 1.54) is 35.2 Å². The summed E-state index contributed by atoms with van der Waals surface area (Å²) >= 11 is 0. The van der Waals surface area contributed by atoms with E-state index >= 15 is 0 Å². The van der Waals surface area contributed by atoms with Crippen LogP contribution in [0.3, 0.4) is 0 Å². The molecule has 0 aliphatic heterocycles. The summed E-state index contributed by atoms with van der Waals surface area (Å²) in [7, 11) is 0. The molecule has 4 nitrogen and oxygen atoms in total. The largest absolute Gasteiger partial charge is 0.320 e. The molecule has 0 spiro atoms. The van der Waals surface area contributed by atoms with Crippen molar-refractivity contribution in [1.82, 2.24) is 9.13 Å². The summed E-state index contributed by atoms with van der Waals surface area (Å²) in [5.74, 6) is -0.455. The first-order valence-electron chi connectivity index (χ1n) is 6.20. The molecule has 0 aliphatic rings. The number of rotatable bonds is 3. The summed E-state index contributed by atoms with van der Waals surface area (Å²) in [4.78, 5) is 24.0. The van der Waals surface area contributed by atoms with E-state index in [0.29, 0.717) is 12.2 Å². The summed E-state index contributed by atoms with van der Waals surface area (Å²) in [6.45, 7) is 4.18. The predicted molar refractivity (Wildman–Crippen MR) is 75.7 cm³/mol. The van der Waals surface area contributed by atoms with Crippen LogP contribution in [-0.4, -0.2) is 9.13 Å². The van der Waals surface area contributed by atoms with Crippen molar-refractivity contribution in [2.24, 2.45) is 0 Å². The van der Waals surface area contributed by atoms with Crippen molar-refractivity contribution in [2.45, 2.75) is 20.4 Å². The van der Waals surface area contributed by atoms with E-state index in [1.54, 1.807) is 6.07 Å². The van der Waals surface area contributed by atoms with Crippen LogP contribution >= 0.6 is 0 Å². The fourth-order valence-corrected chi connectivity index (χ4v) is 1.76. The second-order valence-electron chi connectivity index (χ2n) is 4.69. The van der Waals surface area contributed by atoms with E-state index in [4.69, 9.17) is 0 Å². The maximum absolute atomic E-state index is 13.2. The van der Waals surface area contributed by atoms with Gasteiger partial charge < -0.3 is 4.57 Å². The van der Waals surface area contributed by atoms with Gasteiger partial charge in [-0.15, -0.1) is 0 Å². The Balaban J connectivity index is 2.49. The van der Waals surface area contributed by atoms with E-state index in [0.717, 1.165) is 10.1 Å². The minimum atomic E-state index is -0.694. The van der Waals surface area contributed by atoms with Gasteiger partial charge in [-0.25, -0.2) is 4.39 Å². The van der Waals surface area contributed by atoms with Gasteiger partial charge in [-0.2, -0.15) is 0 Å². The lowest BCUT2D eigenvalue weighted by Gasteiger charge is -2.07. The van der Waals surface area contributed by atoms with E-state index < -0.39 is 16.9 Å². The third-order valence-electron chi connectivity index (χ3n) is 2.84. The molecule has 2 aromatic rings. The molecule has 1 aromatic heterocycles. The lowest BCUT2D eigenvalue weighted by molar-refractivity contribution is 0.625. The van der Waals surface area contributed by atoms with Gasteiger partial charge in [0.05, 0.1) is 5.69 Å². The molecular weight excluding hydrogens is 259 g/mol. The van der Waals surface area contributed by atoms with Gasteiger partial charge in [-0.05, 0) is 32.0 Å². The molecule has 0 unspecified atom stereocenters. The van der Waals surface area contributed by atoms with Gasteiger partial charge in [-0.1, -0.05) is 17.7 Å². The number of halogens is 1. The molecule has 0 saturated carbocycles. The molecule has 0 radical (unpaired) electrons. The average molecular weight is 274 g/mol. The monoisotopic (exact) mass is 274 g/mol. The Hall–Kier alpha value is -2.43. The number of aromatic nitrogens is 2. The zero-order chi connectivity index (χ0) is 14.7. The van der Waals surface area contributed by atoms with Crippen molar-refractivity contribution in [3.05, 3.63) is 74.8 Å². The van der Waals surface area contributed by atoms with Crippen molar-refractivity contribution < 1.29 is 4.39 Å². The molecule has 0 fully saturated rings. The van der Waals surface area contributed by atoms with Crippen LogP contribution in [0, 0.1) is 5.82 Å². The number of hydrogen-bond acceptors (Lipinski definition) is 2. The highest BCUT2D eigenvalue weighted by molar-refractivity contribution is 5.31. The first-order valence-corrected chi connectivity index (χ1v) is 6.20. The maximum atomic E-state index is 13.2. The van der Waals surface area contributed by atoms with Gasteiger partial charge in [0.2, 0.25) is 0 Å². The molecular formula is C15H15FN2O2. The van der Waals surface area contributed by atoms with Crippen LogP contribution in [0.25, 0.3) is 5.69 Å². The zero-order valence-corrected chi connectivity index (χ0v) is 11.3. The van der Waals surface area contributed by atoms with Crippen LogP contribution in [-0.2, 0) is 6.54 Å². The highest BCUT2D eigenvalue weighted by Crippen LogP contribution is 2.06. The molecule has 20 heavy (non-hydrogen) atoms. The van der Waals surface area contributed by atoms with E-state index in [9.17, 15) is 14.0 Å². The van der Waals surface area contributed by atoms with Gasteiger partial charge in [-0.3, -0.25) is 14.2 Å². The zero-order valence-electron chi connectivity index (χ0n) is 11.3. The number of allylic oxidation sites excluding steroid dienone is 2. The lowest BCUT2D eigenvalue weighted by atomic mass is 10.3. The Kier molecular flexibility index (Phi) is 3.98. The molecule has 5 heteroatoms. The standard InChI is InChI=1S/C15H15FN2O2/c1-11(2)6-7-17-8-9-18(15(20)14(17)19)13-5-3-4-12(16)10-13/h3-6,8-10H,7H2,1-2H3. The summed E-state index contributed by atoms with van der Waals surface area (Å²) < 4.78 is 15.6. The number of benzene rings is 1. The van der Waals surface area contributed by atoms with E-state index in [2.05, 4.69) is 0 Å². The van der Waals surface area contributed by atoms with Crippen molar-refractivity contribution in [3.63, 3.8) is 0 Å². The van der Waals surface area contributed by atoms with E-state index in [-0.39, 0.29) is 0 Å². The van der Waals surface area contributed by atoms with Gasteiger partial charge >= 0.3 is 11.1 Å². The second-order valence-corrected chi connectivity index (χ2v) is 4.69. The molecule has 2 rings (SSSR count). The SMILES string of the molecule is CC(C)=CCn1ccn(-c2cccc(F)c2)c(=O)c1=O. The minimum absolute atomic E-state index is 0.335. The van der Waals surface area contributed by atoms with Crippen LogP contribution < -0.4 is 11.1 Å². The highest BCUT2D eigenvalue weighted by Gasteiger charge is 2.06. The normalized spacial score (nSPS) is 10.3. The summed E-state index contributed by atoms with van der Waals surface area (Å²) in [5.41, 5.74) is 0.0715. The summed E-state index contributed by atoms with van der Waals surface area (Å²) in [6, 6.07) is 5.56. The van der Waals surface area contributed by atoms with Gasteiger partial charge in [0.15, 0.2) is 0 Å². The van der Waals surface area contributed by atoms with Crippen LogP contribution in [0.4, 0.5) is 4.39 Å². The van der Waals surface area contributed by atoms with Crippen LogP contribution in [0.5, 0.6) is 0 Å². The van der Waals surface area contributed by atoms with Crippen LogP contribution in [0.2, 0.25) is 0 Å². The van der Waals surface area contributed by atoms with Crippen LogP contribution in [0.1, 0.15) is 13.8 Å². The third-order valence-corrected chi connectivity index (χ3v) is 2.84. The number of hydrogen-bond donors (Lipinski definition) is 0. The topological polar surface area (TPSA) is 44.0 Å². The van der Waals surface area contributed by atoms with Crippen molar-refractivity contribution >= 4 is 0 Å². The quantitative estimate of drug-likeness (QED) is 0.635. The third kappa shape index (κ3) is 2.93. The Morgan fingerprint density at radius 2 is 1.95 bits per heavy atom. The van der Waals surface area contributed by atoms with Crippen molar-refractivity contribution in [1.29, 1.82) is 0 Å². The molecule has 0 amide bonds. The molecule has 0 atom stereocenters. The van der Waals surface area contributed by atoms with Gasteiger partial charge in [0, 0.05) is 18.9 Å². The first-order chi connectivity index (χ1) is 9.49. The maximum Gasteiger partial charge on any atom is 0.320 e. The summed E-state index contributed by atoms with van der Waals surface area (Å²) in [5, 5.41) is 0. The van der Waals surface area contributed by atoms with Crippen molar-refractivity contribution in [2.75, 3.05) is 0 Å². The van der Waals surface area contributed by atoms with Crippen LogP contribution in [0.15, 0.2) is 57.9 Å². The molecule has 0 N–H and O–H groups in total. The smallest absolute Gasteiger partial charge is 0.305 e. The Bertz CT molecular complexity index is 768. The molecule has 0 aliphatic carbocycles. The second kappa shape index (κ2) is 5.69. The Labute approximate surface area is 115 Å². The number of nitrogens with zero attached hydrogens (tertiary/aromatic N) is 2. The minimum Gasteiger partial charge on any atom is -0.305 e. The lowest BCUT2D eigenvalue weighted by Crippen LogP contribution is -2.39. The van der Waals surface area contributed by atoms with Gasteiger partial charge in [0.1, 0.15) is 5.82 Å². The van der Waals surface area contributed by atoms with E-state index in [1.807, 2.05) is 19.9 Å². The van der Waals surface area contributed by atoms with Crippen molar-refractivity contribution in [3.8, 4) is 5.69 Å². The van der Waals surface area contributed by atoms with Gasteiger partial charge in [0.25, 0.3) is 0 Å². The molecule has 0 bridgehead atoms. The fraction of sp³-hybridized carbons (Fsp3) is 0.200. The molecule has 0 saturated heterocycles. The molecule has 1 heterocycles. The Morgan fingerprint density at radius 3 is 2.60 bits per heavy atom. The summed E-state index contributed by atoms with van der Waals surface area (Å²) in [6.07, 6.45) is 4.85. The Morgan fingerprint density at radius 1 is 1.20 bits per heavy atom. The predicted octanol–water partition coefficient (Wildman–Crippen LogP) is 2.10. The molecule has 104 valence electrons. The molecule has 1 aromatic carbocycles.